The van der Waals surface area contributed by atoms with Crippen molar-refractivity contribution >= 4 is 0 Å². The first-order valence-electron chi connectivity index (χ1n) is 4.84. The molecule has 0 aliphatic carbocycles. The molecule has 0 amide bonds. The summed E-state index contributed by atoms with van der Waals surface area (Å²) in [7, 11) is 0. The van der Waals surface area contributed by atoms with E-state index in [4.69, 9.17) is 0 Å². The van der Waals surface area contributed by atoms with Crippen molar-refractivity contribution in [1.82, 2.24) is 0 Å². The van der Waals surface area contributed by atoms with Gasteiger partial charge in [0.25, 0.3) is 0 Å². The van der Waals surface area contributed by atoms with Crippen LogP contribution < -0.4 is 0 Å². The summed E-state index contributed by atoms with van der Waals surface area (Å²) < 4.78 is 0. The van der Waals surface area contributed by atoms with Gasteiger partial charge in [0.1, 0.15) is 0 Å². The van der Waals surface area contributed by atoms with Gasteiger partial charge in [0.05, 0.1) is 0 Å². The minimum Gasteiger partial charge on any atom is -0.0847 e. The Hall–Kier alpha value is -0.520. The second-order valence-corrected chi connectivity index (χ2v) is 3.58. The van der Waals surface area contributed by atoms with Crippen LogP contribution in [0.3, 0.4) is 0 Å². The van der Waals surface area contributed by atoms with Gasteiger partial charge in [0, 0.05) is 0 Å². The summed E-state index contributed by atoms with van der Waals surface area (Å²) in [5.74, 6) is 0.833. The lowest BCUT2D eigenvalue weighted by molar-refractivity contribution is 0.737. The van der Waals surface area contributed by atoms with Gasteiger partial charge in [0.15, 0.2) is 0 Å². The first-order chi connectivity index (χ1) is 5.54. The largest absolute Gasteiger partial charge is 0.0847 e. The summed E-state index contributed by atoms with van der Waals surface area (Å²) >= 11 is 0. The fraction of sp³-hybridized carbons (Fsp3) is 0.667. The molecule has 0 bridgehead atoms. The van der Waals surface area contributed by atoms with Gasteiger partial charge in [-0.05, 0) is 26.2 Å². The van der Waals surface area contributed by atoms with Crippen LogP contribution in [0.4, 0.5) is 0 Å². The van der Waals surface area contributed by atoms with Crippen LogP contribution in [0, 0.1) is 5.92 Å². The first-order valence-corrected chi connectivity index (χ1v) is 4.84. The van der Waals surface area contributed by atoms with E-state index in [1.165, 1.54) is 5.57 Å². The van der Waals surface area contributed by atoms with Crippen molar-refractivity contribution in [1.29, 1.82) is 0 Å². The van der Waals surface area contributed by atoms with E-state index < -0.39 is 0 Å². The van der Waals surface area contributed by atoms with E-state index in [9.17, 15) is 0 Å². The Bertz CT molecular complexity index is 124. The zero-order valence-electron chi connectivity index (χ0n) is 9.52. The summed E-state index contributed by atoms with van der Waals surface area (Å²) in [4.78, 5) is 0. The molecule has 0 atom stereocenters. The van der Waals surface area contributed by atoms with Crippen molar-refractivity contribution in [2.45, 2.75) is 48.0 Å². The average molecular weight is 168 g/mol. The van der Waals surface area contributed by atoms with E-state index in [2.05, 4.69) is 59.8 Å². The highest BCUT2D eigenvalue weighted by atomic mass is 13.8. The summed E-state index contributed by atoms with van der Waals surface area (Å²) in [6.45, 7) is 12.8. The Morgan fingerprint density at radius 2 is 1.67 bits per heavy atom. The summed E-state index contributed by atoms with van der Waals surface area (Å²) in [6, 6.07) is 0. The van der Waals surface area contributed by atoms with Crippen LogP contribution >= 0.6 is 0 Å². The molecule has 0 saturated heterocycles. The molecule has 0 aromatic carbocycles. The molecule has 0 nitrogen and oxygen atoms in total. The van der Waals surface area contributed by atoms with Crippen LogP contribution in [-0.2, 0) is 0 Å². The molecular weight excluding hydrogens is 144 g/mol. The van der Waals surface area contributed by atoms with Gasteiger partial charge in [-0.15, -0.1) is 0 Å². The topological polar surface area (TPSA) is 0 Å². The SMILES string of the molecule is C/C=C(C)\C=C/CC.CC(C)C. The molecule has 0 heterocycles. The van der Waals surface area contributed by atoms with Gasteiger partial charge in [-0.25, -0.2) is 0 Å². The van der Waals surface area contributed by atoms with Crippen LogP contribution in [0.1, 0.15) is 48.0 Å². The van der Waals surface area contributed by atoms with Crippen LogP contribution in [0.15, 0.2) is 23.8 Å². The number of rotatable bonds is 2. The van der Waals surface area contributed by atoms with E-state index in [-0.39, 0.29) is 0 Å². The second kappa shape index (κ2) is 10.5. The van der Waals surface area contributed by atoms with Gasteiger partial charge in [-0.3, -0.25) is 0 Å². The molecule has 0 heteroatoms. The number of hydrogen-bond acceptors (Lipinski definition) is 0. The van der Waals surface area contributed by atoms with E-state index in [0.29, 0.717) is 0 Å². The molecular formula is C12H24. The maximum Gasteiger partial charge on any atom is -0.0376 e. The lowest BCUT2D eigenvalue weighted by Gasteiger charge is -1.84. The van der Waals surface area contributed by atoms with Crippen molar-refractivity contribution in [3.05, 3.63) is 23.8 Å². The van der Waals surface area contributed by atoms with Crippen LogP contribution in [0.2, 0.25) is 0 Å². The van der Waals surface area contributed by atoms with Gasteiger partial charge in [-0.2, -0.15) is 0 Å². The Labute approximate surface area is 78.4 Å². The number of hydrogen-bond donors (Lipinski definition) is 0. The van der Waals surface area contributed by atoms with E-state index in [1.54, 1.807) is 0 Å². The second-order valence-electron chi connectivity index (χ2n) is 3.58. The molecule has 0 aromatic heterocycles. The highest BCUT2D eigenvalue weighted by Gasteiger charge is 1.72. The third-order valence-electron chi connectivity index (χ3n) is 1.07. The zero-order valence-corrected chi connectivity index (χ0v) is 9.52. The van der Waals surface area contributed by atoms with Crippen molar-refractivity contribution in [2.24, 2.45) is 5.92 Å². The predicted molar refractivity (Wildman–Crippen MR) is 59.4 cm³/mol. The molecule has 0 spiro atoms. The standard InChI is InChI=1S/C8H14.C4H10/c1-4-6-7-8(3)5-2;1-4(2)3/h5-7H,4H2,1-3H3;4H,1-3H3/b7-6-,8-5-;. The molecule has 0 aliphatic heterocycles. The van der Waals surface area contributed by atoms with Gasteiger partial charge < -0.3 is 0 Å². The third-order valence-corrected chi connectivity index (χ3v) is 1.07. The smallest absolute Gasteiger partial charge is 0.0376 e. The molecule has 0 fully saturated rings. The Kier molecular flexibility index (Phi) is 12.3. The van der Waals surface area contributed by atoms with Crippen LogP contribution in [0.5, 0.6) is 0 Å². The van der Waals surface area contributed by atoms with E-state index in [1.807, 2.05) is 0 Å². The fourth-order valence-corrected chi connectivity index (χ4v) is 0.400. The summed E-state index contributed by atoms with van der Waals surface area (Å²) in [5.41, 5.74) is 1.34. The van der Waals surface area contributed by atoms with Crippen molar-refractivity contribution < 1.29 is 0 Å². The van der Waals surface area contributed by atoms with Crippen molar-refractivity contribution in [3.63, 3.8) is 0 Å². The quantitative estimate of drug-likeness (QED) is 0.529. The van der Waals surface area contributed by atoms with Gasteiger partial charge in [0.2, 0.25) is 0 Å². The summed E-state index contributed by atoms with van der Waals surface area (Å²) in [5, 5.41) is 0. The van der Waals surface area contributed by atoms with E-state index >= 15 is 0 Å². The normalized spacial score (nSPS) is 11.8. The van der Waals surface area contributed by atoms with Crippen molar-refractivity contribution in [2.75, 3.05) is 0 Å². The fourth-order valence-electron chi connectivity index (χ4n) is 0.400. The molecule has 0 aliphatic rings. The average Bonchev–Trinajstić information content (AvgIpc) is 1.99. The molecule has 0 N–H and O–H groups in total. The monoisotopic (exact) mass is 168 g/mol. The lowest BCUT2D eigenvalue weighted by atomic mass is 10.2. The van der Waals surface area contributed by atoms with E-state index in [0.717, 1.165) is 12.3 Å². The lowest BCUT2D eigenvalue weighted by Crippen LogP contribution is -1.66. The van der Waals surface area contributed by atoms with Crippen molar-refractivity contribution in [3.8, 4) is 0 Å². The highest BCUT2D eigenvalue weighted by Crippen LogP contribution is 1.93. The highest BCUT2D eigenvalue weighted by molar-refractivity contribution is 5.14. The third kappa shape index (κ3) is 22.7. The maximum absolute atomic E-state index is 2.17. The first kappa shape index (κ1) is 14.0. The zero-order chi connectivity index (χ0) is 9.98. The van der Waals surface area contributed by atoms with Crippen LogP contribution in [0.25, 0.3) is 0 Å². The van der Waals surface area contributed by atoms with Gasteiger partial charge in [-0.1, -0.05) is 51.5 Å². The molecule has 12 heavy (non-hydrogen) atoms. The molecule has 0 rings (SSSR count). The Morgan fingerprint density at radius 1 is 1.25 bits per heavy atom. The maximum atomic E-state index is 2.17. The molecule has 0 saturated carbocycles. The predicted octanol–water partition coefficient (Wildman–Crippen LogP) is 4.58. The minimum atomic E-state index is 0.833. The van der Waals surface area contributed by atoms with Gasteiger partial charge >= 0.3 is 0 Å². The minimum absolute atomic E-state index is 0.833. The molecule has 0 radical (unpaired) electrons. The number of allylic oxidation sites excluding steroid dienone is 4. The Morgan fingerprint density at radius 3 is 1.92 bits per heavy atom. The molecule has 72 valence electrons. The molecule has 0 unspecified atom stereocenters. The Balaban J connectivity index is 0. The summed E-state index contributed by atoms with van der Waals surface area (Å²) in [6.07, 6.45) is 7.53. The van der Waals surface area contributed by atoms with Crippen LogP contribution in [-0.4, -0.2) is 0 Å². The molecule has 0 aromatic rings.